The number of methoxy groups -OCH3 is 1. The Bertz CT molecular complexity index is 402. The van der Waals surface area contributed by atoms with E-state index in [-0.39, 0.29) is 5.91 Å². The summed E-state index contributed by atoms with van der Waals surface area (Å²) in [6.07, 6.45) is 1.44. The normalized spacial score (nSPS) is 11.1. The maximum atomic E-state index is 11.6. The second kappa shape index (κ2) is 5.35. The van der Waals surface area contributed by atoms with Crippen molar-refractivity contribution in [2.75, 3.05) is 12.4 Å². The van der Waals surface area contributed by atoms with E-state index in [1.807, 2.05) is 32.0 Å². The van der Waals surface area contributed by atoms with Crippen LogP contribution < -0.4 is 5.32 Å². The first-order chi connectivity index (χ1) is 7.54. The van der Waals surface area contributed by atoms with Crippen LogP contribution in [0.1, 0.15) is 18.1 Å². The number of carbonyl (C=O) groups is 1. The Morgan fingerprint density at radius 3 is 2.38 bits per heavy atom. The van der Waals surface area contributed by atoms with E-state index >= 15 is 0 Å². The molecule has 0 fully saturated rings. The van der Waals surface area contributed by atoms with E-state index in [0.717, 1.165) is 16.8 Å². The van der Waals surface area contributed by atoms with Crippen LogP contribution in [-0.4, -0.2) is 13.0 Å². The van der Waals surface area contributed by atoms with Crippen LogP contribution in [0.15, 0.2) is 30.0 Å². The van der Waals surface area contributed by atoms with Crippen LogP contribution in [0.4, 0.5) is 5.69 Å². The lowest BCUT2D eigenvalue weighted by Crippen LogP contribution is -2.11. The molecule has 0 aromatic heterocycles. The Kier molecular flexibility index (Phi) is 4.11. The molecule has 0 saturated carbocycles. The third-order valence-corrected chi connectivity index (χ3v) is 2.39. The Labute approximate surface area is 96.1 Å². The molecule has 0 radical (unpaired) electrons. The number of allylic oxidation sites excluding steroid dienone is 1. The maximum Gasteiger partial charge on any atom is 0.251 e. The molecular weight excluding hydrogens is 202 g/mol. The van der Waals surface area contributed by atoms with Gasteiger partial charge >= 0.3 is 0 Å². The van der Waals surface area contributed by atoms with Gasteiger partial charge in [-0.1, -0.05) is 18.2 Å². The highest BCUT2D eigenvalue weighted by Crippen LogP contribution is 2.19. The van der Waals surface area contributed by atoms with Crippen LogP contribution in [0.3, 0.4) is 0 Å². The summed E-state index contributed by atoms with van der Waals surface area (Å²) >= 11 is 0. The van der Waals surface area contributed by atoms with E-state index < -0.39 is 0 Å². The lowest BCUT2D eigenvalue weighted by Gasteiger charge is -2.10. The second-order valence-electron chi connectivity index (χ2n) is 3.72. The number of hydrogen-bond acceptors (Lipinski definition) is 2. The van der Waals surface area contributed by atoms with Gasteiger partial charge in [-0.2, -0.15) is 0 Å². The van der Waals surface area contributed by atoms with Crippen LogP contribution in [0.25, 0.3) is 0 Å². The third kappa shape index (κ3) is 3.12. The van der Waals surface area contributed by atoms with E-state index in [1.165, 1.54) is 13.2 Å². The van der Waals surface area contributed by atoms with E-state index in [9.17, 15) is 4.79 Å². The van der Waals surface area contributed by atoms with E-state index in [1.54, 1.807) is 6.92 Å². The fourth-order valence-corrected chi connectivity index (χ4v) is 1.41. The first kappa shape index (κ1) is 12.3. The standard InChI is InChI=1S/C13H17NO2/c1-9-6-5-7-10(2)13(9)14-12(15)8-11(3)16-4/h5-8H,1-4H3,(H,14,15)/b11-8-. The molecule has 3 heteroatoms. The maximum absolute atomic E-state index is 11.6. The van der Waals surface area contributed by atoms with Crippen molar-refractivity contribution in [3.63, 3.8) is 0 Å². The highest BCUT2D eigenvalue weighted by atomic mass is 16.5. The summed E-state index contributed by atoms with van der Waals surface area (Å²) in [6.45, 7) is 5.68. The molecule has 3 nitrogen and oxygen atoms in total. The molecule has 0 aliphatic rings. The Morgan fingerprint density at radius 1 is 1.31 bits per heavy atom. The van der Waals surface area contributed by atoms with Crippen LogP contribution in [-0.2, 0) is 9.53 Å². The molecule has 0 aliphatic heterocycles. The molecule has 1 rings (SSSR count). The minimum Gasteiger partial charge on any atom is -0.501 e. The number of para-hydroxylation sites is 1. The quantitative estimate of drug-likeness (QED) is 0.627. The number of anilines is 1. The zero-order chi connectivity index (χ0) is 12.1. The molecule has 0 atom stereocenters. The SMILES string of the molecule is CO/C(C)=C\C(=O)Nc1c(C)cccc1C. The minimum absolute atomic E-state index is 0.170. The molecule has 1 N–H and O–H groups in total. The number of ether oxygens (including phenoxy) is 1. The average Bonchev–Trinajstić information content (AvgIpc) is 2.23. The molecule has 0 heterocycles. The number of benzene rings is 1. The predicted octanol–water partition coefficient (Wildman–Crippen LogP) is 2.79. The molecule has 1 amide bonds. The number of carbonyl (C=O) groups excluding carboxylic acids is 1. The number of aryl methyl sites for hydroxylation is 2. The smallest absolute Gasteiger partial charge is 0.251 e. The van der Waals surface area contributed by atoms with Gasteiger partial charge < -0.3 is 10.1 Å². The summed E-state index contributed by atoms with van der Waals surface area (Å²) in [7, 11) is 1.54. The Morgan fingerprint density at radius 2 is 1.88 bits per heavy atom. The van der Waals surface area contributed by atoms with E-state index in [4.69, 9.17) is 4.74 Å². The molecule has 0 aliphatic carbocycles. The van der Waals surface area contributed by atoms with E-state index in [2.05, 4.69) is 5.32 Å². The van der Waals surface area contributed by atoms with Crippen LogP contribution in [0.2, 0.25) is 0 Å². The molecule has 0 spiro atoms. The van der Waals surface area contributed by atoms with Gasteiger partial charge in [0.2, 0.25) is 0 Å². The van der Waals surface area contributed by atoms with Crippen molar-refractivity contribution < 1.29 is 9.53 Å². The van der Waals surface area contributed by atoms with Crippen molar-refractivity contribution in [1.82, 2.24) is 0 Å². The highest BCUT2D eigenvalue weighted by molar-refractivity contribution is 6.00. The zero-order valence-corrected chi connectivity index (χ0v) is 10.1. The van der Waals surface area contributed by atoms with Crippen molar-refractivity contribution in [3.8, 4) is 0 Å². The van der Waals surface area contributed by atoms with Crippen molar-refractivity contribution in [2.45, 2.75) is 20.8 Å². The molecule has 1 aromatic rings. The molecule has 1 aromatic carbocycles. The van der Waals surface area contributed by atoms with Gasteiger partial charge in [-0.25, -0.2) is 0 Å². The molecule has 16 heavy (non-hydrogen) atoms. The summed E-state index contributed by atoms with van der Waals surface area (Å²) in [5, 5.41) is 2.85. The summed E-state index contributed by atoms with van der Waals surface area (Å²) in [5.74, 6) is 0.417. The lowest BCUT2D eigenvalue weighted by atomic mass is 10.1. The topological polar surface area (TPSA) is 38.3 Å². The fraction of sp³-hybridized carbons (Fsp3) is 0.308. The van der Waals surface area contributed by atoms with Crippen LogP contribution in [0, 0.1) is 13.8 Å². The number of nitrogens with one attached hydrogen (secondary N) is 1. The summed E-state index contributed by atoms with van der Waals surface area (Å²) in [6, 6.07) is 5.90. The number of amides is 1. The van der Waals surface area contributed by atoms with Gasteiger partial charge in [0.05, 0.1) is 12.9 Å². The number of rotatable bonds is 3. The first-order valence-electron chi connectivity index (χ1n) is 5.14. The van der Waals surface area contributed by atoms with Gasteiger partial charge in [-0.3, -0.25) is 4.79 Å². The van der Waals surface area contributed by atoms with Crippen LogP contribution in [0.5, 0.6) is 0 Å². The van der Waals surface area contributed by atoms with Gasteiger partial charge in [0.1, 0.15) is 0 Å². The lowest BCUT2D eigenvalue weighted by molar-refractivity contribution is -0.112. The van der Waals surface area contributed by atoms with Crippen molar-refractivity contribution in [3.05, 3.63) is 41.2 Å². The summed E-state index contributed by atoms with van der Waals surface area (Å²) < 4.78 is 4.92. The molecule has 0 unspecified atom stereocenters. The monoisotopic (exact) mass is 219 g/mol. The molecule has 0 bridgehead atoms. The largest absolute Gasteiger partial charge is 0.501 e. The Balaban J connectivity index is 2.85. The second-order valence-corrected chi connectivity index (χ2v) is 3.72. The fourth-order valence-electron chi connectivity index (χ4n) is 1.41. The molecule has 0 saturated heterocycles. The number of hydrogen-bond donors (Lipinski definition) is 1. The molecular formula is C13H17NO2. The van der Waals surface area contributed by atoms with E-state index in [0.29, 0.717) is 5.76 Å². The third-order valence-electron chi connectivity index (χ3n) is 2.39. The zero-order valence-electron chi connectivity index (χ0n) is 10.1. The Hall–Kier alpha value is -1.77. The van der Waals surface area contributed by atoms with Gasteiger partial charge in [0.25, 0.3) is 5.91 Å². The van der Waals surface area contributed by atoms with Crippen molar-refractivity contribution in [1.29, 1.82) is 0 Å². The average molecular weight is 219 g/mol. The van der Waals surface area contributed by atoms with Crippen molar-refractivity contribution in [2.24, 2.45) is 0 Å². The van der Waals surface area contributed by atoms with Gasteiger partial charge in [-0.05, 0) is 31.9 Å². The van der Waals surface area contributed by atoms with Crippen molar-refractivity contribution >= 4 is 11.6 Å². The van der Waals surface area contributed by atoms with Gasteiger partial charge in [-0.15, -0.1) is 0 Å². The van der Waals surface area contributed by atoms with Gasteiger partial charge in [0, 0.05) is 11.8 Å². The predicted molar refractivity (Wildman–Crippen MR) is 65.3 cm³/mol. The molecule has 86 valence electrons. The van der Waals surface area contributed by atoms with Crippen LogP contribution >= 0.6 is 0 Å². The first-order valence-corrected chi connectivity index (χ1v) is 5.14. The summed E-state index contributed by atoms with van der Waals surface area (Å²) in [5.41, 5.74) is 2.97. The highest BCUT2D eigenvalue weighted by Gasteiger charge is 2.05. The minimum atomic E-state index is -0.170. The van der Waals surface area contributed by atoms with Gasteiger partial charge in [0.15, 0.2) is 0 Å². The summed E-state index contributed by atoms with van der Waals surface area (Å²) in [4.78, 5) is 11.6.